The molecular formula is C19H16F3N3O2S. The van der Waals surface area contributed by atoms with E-state index in [0.717, 1.165) is 23.9 Å². The van der Waals surface area contributed by atoms with Gasteiger partial charge in [-0.3, -0.25) is 9.59 Å². The van der Waals surface area contributed by atoms with E-state index in [9.17, 15) is 28.0 Å². The minimum Gasteiger partial charge on any atom is -0.336 e. The van der Waals surface area contributed by atoms with Gasteiger partial charge >= 0.3 is 0 Å². The van der Waals surface area contributed by atoms with E-state index in [4.69, 9.17) is 0 Å². The fourth-order valence-electron chi connectivity index (χ4n) is 2.18. The molecule has 9 heteroatoms. The maximum atomic E-state index is 13.8. The maximum absolute atomic E-state index is 13.8. The number of hydrogen-bond acceptors (Lipinski definition) is 4. The molecule has 2 N–H and O–H groups in total. The molecule has 2 aromatic carbocycles. The van der Waals surface area contributed by atoms with Gasteiger partial charge in [0.2, 0.25) is 11.8 Å². The normalized spacial score (nSPS) is 12.5. The van der Waals surface area contributed by atoms with Gasteiger partial charge in [0.1, 0.15) is 23.5 Å². The molecule has 2 aromatic rings. The average molecular weight is 407 g/mol. The summed E-state index contributed by atoms with van der Waals surface area (Å²) >= 11 is 1.01. The molecule has 0 heterocycles. The number of amides is 2. The van der Waals surface area contributed by atoms with Gasteiger partial charge in [0.05, 0.1) is 17.1 Å². The van der Waals surface area contributed by atoms with Crippen LogP contribution in [0.4, 0.5) is 18.9 Å². The lowest BCUT2D eigenvalue weighted by Gasteiger charge is -2.16. The van der Waals surface area contributed by atoms with Crippen molar-refractivity contribution < 1.29 is 22.8 Å². The third-order valence-corrected chi connectivity index (χ3v) is 4.79. The predicted molar refractivity (Wildman–Crippen MR) is 99.8 cm³/mol. The van der Waals surface area contributed by atoms with Crippen molar-refractivity contribution in [2.45, 2.75) is 18.2 Å². The Morgan fingerprint density at radius 1 is 1.11 bits per heavy atom. The first-order chi connectivity index (χ1) is 13.3. The summed E-state index contributed by atoms with van der Waals surface area (Å²) in [7, 11) is 0. The summed E-state index contributed by atoms with van der Waals surface area (Å²) in [6.45, 7) is 1.53. The Balaban J connectivity index is 1.88. The SMILES string of the molecule is CC(SCC(=O)Nc1ccc(F)cc1)C(=O)NC(C#N)c1ccc(F)cc1F. The zero-order chi connectivity index (χ0) is 20.7. The van der Waals surface area contributed by atoms with Gasteiger partial charge in [-0.2, -0.15) is 5.26 Å². The molecule has 0 aliphatic heterocycles. The average Bonchev–Trinajstić information content (AvgIpc) is 2.66. The molecule has 5 nitrogen and oxygen atoms in total. The first-order valence-electron chi connectivity index (χ1n) is 8.12. The van der Waals surface area contributed by atoms with Crippen molar-refractivity contribution in [1.82, 2.24) is 5.32 Å². The summed E-state index contributed by atoms with van der Waals surface area (Å²) in [5.41, 5.74) is 0.268. The maximum Gasteiger partial charge on any atom is 0.234 e. The number of anilines is 1. The monoisotopic (exact) mass is 407 g/mol. The van der Waals surface area contributed by atoms with Gasteiger partial charge in [-0.05, 0) is 37.3 Å². The van der Waals surface area contributed by atoms with E-state index in [2.05, 4.69) is 10.6 Å². The van der Waals surface area contributed by atoms with E-state index in [1.807, 2.05) is 0 Å². The van der Waals surface area contributed by atoms with Crippen LogP contribution in [0.15, 0.2) is 42.5 Å². The molecule has 2 unspecified atom stereocenters. The van der Waals surface area contributed by atoms with E-state index in [-0.39, 0.29) is 11.3 Å². The van der Waals surface area contributed by atoms with Gasteiger partial charge in [0.15, 0.2) is 0 Å². The summed E-state index contributed by atoms with van der Waals surface area (Å²) in [5.74, 6) is -3.19. The van der Waals surface area contributed by atoms with Crippen molar-refractivity contribution >= 4 is 29.3 Å². The number of nitriles is 1. The van der Waals surface area contributed by atoms with Crippen LogP contribution in [-0.4, -0.2) is 22.8 Å². The number of halogens is 3. The summed E-state index contributed by atoms with van der Waals surface area (Å²) < 4.78 is 39.6. The third-order valence-electron chi connectivity index (χ3n) is 3.65. The molecule has 2 atom stereocenters. The highest BCUT2D eigenvalue weighted by molar-refractivity contribution is 8.01. The number of nitrogens with zero attached hydrogens (tertiary/aromatic N) is 1. The van der Waals surface area contributed by atoms with Crippen molar-refractivity contribution in [3.05, 3.63) is 65.5 Å². The highest BCUT2D eigenvalue weighted by Gasteiger charge is 2.22. The summed E-state index contributed by atoms with van der Waals surface area (Å²) in [6.07, 6.45) is 0. The Morgan fingerprint density at radius 2 is 1.75 bits per heavy atom. The minimum atomic E-state index is -1.29. The van der Waals surface area contributed by atoms with Crippen LogP contribution in [0.1, 0.15) is 18.5 Å². The second-order valence-electron chi connectivity index (χ2n) is 5.74. The van der Waals surface area contributed by atoms with Crippen LogP contribution in [0, 0.1) is 28.8 Å². The van der Waals surface area contributed by atoms with Crippen molar-refractivity contribution in [3.8, 4) is 6.07 Å². The van der Waals surface area contributed by atoms with Crippen LogP contribution in [-0.2, 0) is 9.59 Å². The number of rotatable bonds is 7. The lowest BCUT2D eigenvalue weighted by molar-refractivity contribution is -0.120. The molecule has 0 saturated carbocycles. The fourth-order valence-corrected chi connectivity index (χ4v) is 2.87. The summed E-state index contributed by atoms with van der Waals surface area (Å²) in [4.78, 5) is 24.1. The molecule has 0 radical (unpaired) electrons. The van der Waals surface area contributed by atoms with Crippen LogP contribution in [0.3, 0.4) is 0 Å². The Bertz CT molecular complexity index is 900. The zero-order valence-electron chi connectivity index (χ0n) is 14.7. The Kier molecular flexibility index (Phi) is 7.46. The minimum absolute atomic E-state index is 0.0614. The van der Waals surface area contributed by atoms with Gasteiger partial charge in [-0.1, -0.05) is 6.07 Å². The number of benzene rings is 2. The molecule has 0 spiro atoms. The van der Waals surface area contributed by atoms with Gasteiger partial charge in [0.25, 0.3) is 0 Å². The van der Waals surface area contributed by atoms with Gasteiger partial charge in [-0.25, -0.2) is 13.2 Å². The lowest BCUT2D eigenvalue weighted by Crippen LogP contribution is -2.34. The smallest absolute Gasteiger partial charge is 0.234 e. The molecule has 0 saturated heterocycles. The second kappa shape index (κ2) is 9.80. The molecule has 2 rings (SSSR count). The first-order valence-corrected chi connectivity index (χ1v) is 9.17. The molecule has 2 amide bonds. The summed E-state index contributed by atoms with van der Waals surface area (Å²) in [5, 5.41) is 13.4. The zero-order valence-corrected chi connectivity index (χ0v) is 15.5. The van der Waals surface area contributed by atoms with E-state index in [0.29, 0.717) is 11.8 Å². The molecule has 146 valence electrons. The topological polar surface area (TPSA) is 82.0 Å². The lowest BCUT2D eigenvalue weighted by atomic mass is 10.1. The highest BCUT2D eigenvalue weighted by atomic mass is 32.2. The molecule has 0 aromatic heterocycles. The van der Waals surface area contributed by atoms with Crippen molar-refractivity contribution in [2.24, 2.45) is 0 Å². The molecule has 0 bridgehead atoms. The largest absolute Gasteiger partial charge is 0.336 e. The number of carbonyl (C=O) groups is 2. The standard InChI is InChI=1S/C19H16F3N3O2S/c1-11(28-10-18(26)24-14-5-2-12(20)3-6-14)19(27)25-17(9-23)15-7-4-13(21)8-16(15)22/h2-8,11,17H,10H2,1H3,(H,24,26)(H,25,27). The highest BCUT2D eigenvalue weighted by Crippen LogP contribution is 2.19. The molecule has 0 aliphatic rings. The van der Waals surface area contributed by atoms with Gasteiger partial charge in [0, 0.05) is 17.3 Å². The Hall–Kier alpha value is -2.99. The number of nitrogens with one attached hydrogen (secondary N) is 2. The van der Waals surface area contributed by atoms with Crippen molar-refractivity contribution in [3.63, 3.8) is 0 Å². The van der Waals surface area contributed by atoms with Crippen LogP contribution >= 0.6 is 11.8 Å². The third kappa shape index (κ3) is 6.03. The first kappa shape index (κ1) is 21.3. The van der Waals surface area contributed by atoms with Crippen LogP contribution in [0.2, 0.25) is 0 Å². The second-order valence-corrected chi connectivity index (χ2v) is 7.07. The van der Waals surface area contributed by atoms with Crippen molar-refractivity contribution in [2.75, 3.05) is 11.1 Å². The van der Waals surface area contributed by atoms with Crippen LogP contribution in [0.25, 0.3) is 0 Å². The van der Waals surface area contributed by atoms with Gasteiger partial charge < -0.3 is 10.6 Å². The van der Waals surface area contributed by atoms with E-state index in [1.165, 1.54) is 31.2 Å². The van der Waals surface area contributed by atoms with Gasteiger partial charge in [-0.15, -0.1) is 11.8 Å². The number of thioether (sulfide) groups is 1. The van der Waals surface area contributed by atoms with E-state index >= 15 is 0 Å². The molecular weight excluding hydrogens is 391 g/mol. The van der Waals surface area contributed by atoms with Crippen LogP contribution in [0.5, 0.6) is 0 Å². The number of carbonyl (C=O) groups excluding carboxylic acids is 2. The number of hydrogen-bond donors (Lipinski definition) is 2. The molecule has 0 aliphatic carbocycles. The quantitative estimate of drug-likeness (QED) is 0.736. The van der Waals surface area contributed by atoms with E-state index in [1.54, 1.807) is 6.07 Å². The Labute approximate surface area is 163 Å². The summed E-state index contributed by atoms with van der Waals surface area (Å²) in [6, 6.07) is 8.40. The fraction of sp³-hybridized carbons (Fsp3) is 0.211. The molecule has 28 heavy (non-hydrogen) atoms. The van der Waals surface area contributed by atoms with E-state index < -0.39 is 40.6 Å². The predicted octanol–water partition coefficient (Wildman–Crippen LogP) is 3.55. The van der Waals surface area contributed by atoms with Crippen molar-refractivity contribution in [1.29, 1.82) is 5.26 Å². The van der Waals surface area contributed by atoms with Crippen LogP contribution < -0.4 is 10.6 Å². The molecule has 0 fully saturated rings. The Morgan fingerprint density at radius 3 is 2.36 bits per heavy atom.